The maximum absolute atomic E-state index is 12.3. The Labute approximate surface area is 142 Å². The van der Waals surface area contributed by atoms with E-state index in [1.165, 1.54) is 12.8 Å². The van der Waals surface area contributed by atoms with E-state index in [0.717, 1.165) is 6.42 Å². The van der Waals surface area contributed by atoms with E-state index in [1.54, 1.807) is 18.2 Å². The molecular formula is C17H24Cl2N2O. The van der Waals surface area contributed by atoms with Crippen molar-refractivity contribution in [3.63, 3.8) is 0 Å². The Morgan fingerprint density at radius 3 is 2.68 bits per heavy atom. The molecule has 2 rings (SSSR count). The third-order valence-corrected chi connectivity index (χ3v) is 5.30. The van der Waals surface area contributed by atoms with Crippen LogP contribution in [-0.4, -0.2) is 18.0 Å². The van der Waals surface area contributed by atoms with E-state index >= 15 is 0 Å². The van der Waals surface area contributed by atoms with Crippen LogP contribution in [0.5, 0.6) is 0 Å². The number of nitrogens with one attached hydrogen (secondary N) is 2. The molecule has 1 amide bonds. The number of benzene rings is 1. The van der Waals surface area contributed by atoms with Crippen LogP contribution in [0, 0.1) is 11.8 Å². The number of anilines is 1. The Kier molecular flexibility index (Phi) is 6.13. The van der Waals surface area contributed by atoms with Crippen LogP contribution >= 0.6 is 23.2 Å². The van der Waals surface area contributed by atoms with E-state index in [-0.39, 0.29) is 11.9 Å². The highest BCUT2D eigenvalue weighted by molar-refractivity contribution is 6.36. The zero-order chi connectivity index (χ0) is 16.3. The van der Waals surface area contributed by atoms with Gasteiger partial charge in [0, 0.05) is 11.1 Å². The molecule has 2 N–H and O–H groups in total. The Morgan fingerprint density at radius 2 is 2.00 bits per heavy atom. The SMILES string of the molecule is C[C@@H]1[C@H](C)CCC[C@@H]1N[C@@H](C)C(=O)Nc1ccc(Cl)cc1Cl. The molecule has 1 aliphatic rings. The van der Waals surface area contributed by atoms with Gasteiger partial charge in [-0.1, -0.05) is 49.9 Å². The molecule has 0 radical (unpaired) electrons. The predicted molar refractivity (Wildman–Crippen MR) is 93.7 cm³/mol. The van der Waals surface area contributed by atoms with Gasteiger partial charge in [0.25, 0.3) is 0 Å². The molecule has 1 aromatic carbocycles. The first-order valence-electron chi connectivity index (χ1n) is 7.90. The van der Waals surface area contributed by atoms with Crippen molar-refractivity contribution in [2.75, 3.05) is 5.32 Å². The van der Waals surface area contributed by atoms with Gasteiger partial charge in [0.2, 0.25) is 5.91 Å². The second kappa shape index (κ2) is 7.67. The second-order valence-electron chi connectivity index (χ2n) is 6.38. The summed E-state index contributed by atoms with van der Waals surface area (Å²) in [6.45, 7) is 6.45. The van der Waals surface area contributed by atoms with Crippen molar-refractivity contribution in [2.24, 2.45) is 11.8 Å². The Hall–Kier alpha value is -0.770. The van der Waals surface area contributed by atoms with E-state index in [1.807, 2.05) is 6.92 Å². The van der Waals surface area contributed by atoms with Gasteiger partial charge in [0.05, 0.1) is 16.8 Å². The zero-order valence-electron chi connectivity index (χ0n) is 13.3. The molecular weight excluding hydrogens is 319 g/mol. The van der Waals surface area contributed by atoms with Crippen molar-refractivity contribution >= 4 is 34.8 Å². The zero-order valence-corrected chi connectivity index (χ0v) is 14.8. The number of hydrogen-bond acceptors (Lipinski definition) is 2. The number of amides is 1. The van der Waals surface area contributed by atoms with E-state index in [9.17, 15) is 4.79 Å². The summed E-state index contributed by atoms with van der Waals surface area (Å²) in [5.41, 5.74) is 0.592. The van der Waals surface area contributed by atoms with Crippen molar-refractivity contribution in [3.8, 4) is 0 Å². The van der Waals surface area contributed by atoms with Crippen LogP contribution in [-0.2, 0) is 4.79 Å². The van der Waals surface area contributed by atoms with Crippen LogP contribution < -0.4 is 10.6 Å². The maximum atomic E-state index is 12.3. The summed E-state index contributed by atoms with van der Waals surface area (Å²) >= 11 is 12.0. The standard InChI is InChI=1S/C17H24Cl2N2O/c1-10-5-4-6-15(11(10)2)20-12(3)17(22)21-16-8-7-13(18)9-14(16)19/h7-12,15,20H,4-6H2,1-3H3,(H,21,22)/t10-,11-,12+,15+/m1/s1. The summed E-state index contributed by atoms with van der Waals surface area (Å²) in [4.78, 5) is 12.3. The van der Waals surface area contributed by atoms with E-state index < -0.39 is 0 Å². The minimum Gasteiger partial charge on any atom is -0.323 e. The molecule has 5 heteroatoms. The van der Waals surface area contributed by atoms with Crippen LogP contribution in [0.1, 0.15) is 40.0 Å². The van der Waals surface area contributed by atoms with Gasteiger partial charge in [-0.25, -0.2) is 0 Å². The molecule has 0 heterocycles. The highest BCUT2D eigenvalue weighted by Crippen LogP contribution is 2.30. The lowest BCUT2D eigenvalue weighted by Crippen LogP contribution is -2.49. The van der Waals surface area contributed by atoms with Gasteiger partial charge in [-0.2, -0.15) is 0 Å². The Morgan fingerprint density at radius 1 is 1.27 bits per heavy atom. The molecule has 0 aliphatic heterocycles. The van der Waals surface area contributed by atoms with Gasteiger partial charge >= 0.3 is 0 Å². The fourth-order valence-electron chi connectivity index (χ4n) is 3.05. The average Bonchev–Trinajstić information content (AvgIpc) is 2.46. The number of halogens is 2. The van der Waals surface area contributed by atoms with Crippen LogP contribution in [0.15, 0.2) is 18.2 Å². The summed E-state index contributed by atoms with van der Waals surface area (Å²) < 4.78 is 0. The minimum absolute atomic E-state index is 0.0744. The molecule has 22 heavy (non-hydrogen) atoms. The predicted octanol–water partition coefficient (Wildman–Crippen LogP) is 4.73. The van der Waals surface area contributed by atoms with Gasteiger partial charge in [0.1, 0.15) is 0 Å². The summed E-state index contributed by atoms with van der Waals surface area (Å²) in [6.07, 6.45) is 3.63. The van der Waals surface area contributed by atoms with E-state index in [2.05, 4.69) is 24.5 Å². The minimum atomic E-state index is -0.260. The first-order valence-corrected chi connectivity index (χ1v) is 8.66. The highest BCUT2D eigenvalue weighted by atomic mass is 35.5. The monoisotopic (exact) mass is 342 g/mol. The topological polar surface area (TPSA) is 41.1 Å². The average molecular weight is 343 g/mol. The summed E-state index contributed by atoms with van der Waals surface area (Å²) in [6, 6.07) is 5.20. The van der Waals surface area contributed by atoms with Crippen molar-refractivity contribution < 1.29 is 4.79 Å². The molecule has 0 aromatic heterocycles. The summed E-state index contributed by atoms with van der Waals surface area (Å²) in [5, 5.41) is 7.34. The molecule has 3 nitrogen and oxygen atoms in total. The lowest BCUT2D eigenvalue weighted by atomic mass is 9.78. The van der Waals surface area contributed by atoms with Crippen LogP contribution in [0.4, 0.5) is 5.69 Å². The first-order chi connectivity index (χ1) is 10.4. The number of carbonyl (C=O) groups excluding carboxylic acids is 1. The molecule has 1 saturated carbocycles. The largest absolute Gasteiger partial charge is 0.323 e. The first kappa shape index (κ1) is 17.6. The van der Waals surface area contributed by atoms with Crippen LogP contribution in [0.3, 0.4) is 0 Å². The lowest BCUT2D eigenvalue weighted by molar-refractivity contribution is -0.118. The molecule has 0 spiro atoms. The van der Waals surface area contributed by atoms with Crippen LogP contribution in [0.25, 0.3) is 0 Å². The van der Waals surface area contributed by atoms with Gasteiger partial charge < -0.3 is 10.6 Å². The molecule has 1 aliphatic carbocycles. The number of hydrogen-bond donors (Lipinski definition) is 2. The third-order valence-electron chi connectivity index (χ3n) is 4.75. The lowest BCUT2D eigenvalue weighted by Gasteiger charge is -2.36. The van der Waals surface area contributed by atoms with Gasteiger partial charge in [0.15, 0.2) is 0 Å². The van der Waals surface area contributed by atoms with Gasteiger partial charge in [-0.3, -0.25) is 4.79 Å². The van der Waals surface area contributed by atoms with Crippen molar-refractivity contribution in [1.29, 1.82) is 0 Å². The maximum Gasteiger partial charge on any atom is 0.241 e. The number of carbonyl (C=O) groups is 1. The molecule has 122 valence electrons. The second-order valence-corrected chi connectivity index (χ2v) is 7.22. The molecule has 0 saturated heterocycles. The summed E-state index contributed by atoms with van der Waals surface area (Å²) in [5.74, 6) is 1.21. The highest BCUT2D eigenvalue weighted by Gasteiger charge is 2.29. The molecule has 0 bridgehead atoms. The fraction of sp³-hybridized carbons (Fsp3) is 0.588. The molecule has 1 aromatic rings. The van der Waals surface area contributed by atoms with Crippen molar-refractivity contribution in [1.82, 2.24) is 5.32 Å². The molecule has 4 atom stereocenters. The van der Waals surface area contributed by atoms with E-state index in [0.29, 0.717) is 33.6 Å². The molecule has 0 unspecified atom stereocenters. The van der Waals surface area contributed by atoms with Gasteiger partial charge in [-0.05, 0) is 43.4 Å². The summed E-state index contributed by atoms with van der Waals surface area (Å²) in [7, 11) is 0. The van der Waals surface area contributed by atoms with Crippen LogP contribution in [0.2, 0.25) is 10.0 Å². The smallest absolute Gasteiger partial charge is 0.241 e. The van der Waals surface area contributed by atoms with E-state index in [4.69, 9.17) is 23.2 Å². The third kappa shape index (κ3) is 4.37. The fourth-order valence-corrected chi connectivity index (χ4v) is 3.50. The number of rotatable bonds is 4. The van der Waals surface area contributed by atoms with Crippen molar-refractivity contribution in [3.05, 3.63) is 28.2 Å². The Bertz CT molecular complexity index is 535. The quantitative estimate of drug-likeness (QED) is 0.829. The molecule has 1 fully saturated rings. The normalized spacial score (nSPS) is 26.5. The van der Waals surface area contributed by atoms with Gasteiger partial charge in [-0.15, -0.1) is 0 Å². The van der Waals surface area contributed by atoms with Crippen molar-refractivity contribution in [2.45, 2.75) is 52.1 Å². The Balaban J connectivity index is 1.94.